The summed E-state index contributed by atoms with van der Waals surface area (Å²) in [6.07, 6.45) is 2.12. The van der Waals surface area contributed by atoms with Crippen LogP contribution in [0.15, 0.2) is 44.8 Å². The highest BCUT2D eigenvalue weighted by Gasteiger charge is 2.08. The van der Waals surface area contributed by atoms with Gasteiger partial charge in [0.25, 0.3) is 0 Å². The summed E-state index contributed by atoms with van der Waals surface area (Å²) in [7, 11) is 0. The van der Waals surface area contributed by atoms with Crippen molar-refractivity contribution in [3.05, 3.63) is 36.4 Å². The molecule has 3 rings (SSSR count). The first-order valence-corrected chi connectivity index (χ1v) is 9.41. The molecule has 0 aliphatic carbocycles. The first kappa shape index (κ1) is 12.8. The Morgan fingerprint density at radius 1 is 0.778 bits per heavy atom. The maximum atomic E-state index is 4.37. The van der Waals surface area contributed by atoms with Crippen molar-refractivity contribution in [2.24, 2.45) is 0 Å². The first-order chi connectivity index (χ1) is 8.76. The standard InChI is InChI=1S/C13H10S5/c1-15-13-7-5-11(18-13)9-3-2-8(16-9)10-4-6-12(14)17-10/h2-7,14H,1H3. The van der Waals surface area contributed by atoms with E-state index in [1.807, 2.05) is 22.7 Å². The summed E-state index contributed by atoms with van der Waals surface area (Å²) < 4.78 is 2.44. The van der Waals surface area contributed by atoms with Crippen LogP contribution in [-0.4, -0.2) is 6.26 Å². The van der Waals surface area contributed by atoms with E-state index in [2.05, 4.69) is 55.3 Å². The van der Waals surface area contributed by atoms with Gasteiger partial charge in [-0.05, 0) is 42.7 Å². The second-order valence-electron chi connectivity index (χ2n) is 3.62. The van der Waals surface area contributed by atoms with Crippen LogP contribution in [0.25, 0.3) is 19.5 Å². The van der Waals surface area contributed by atoms with Crippen LogP contribution in [0.3, 0.4) is 0 Å². The molecular formula is C13H10S5. The molecule has 0 fully saturated rings. The monoisotopic (exact) mass is 326 g/mol. The fraction of sp³-hybridized carbons (Fsp3) is 0.0769. The van der Waals surface area contributed by atoms with Crippen LogP contribution in [0.1, 0.15) is 0 Å². The zero-order valence-electron chi connectivity index (χ0n) is 9.54. The molecule has 0 amide bonds. The molecule has 0 aliphatic rings. The SMILES string of the molecule is CSc1ccc(-c2ccc(-c3ccc(S)s3)s2)s1. The van der Waals surface area contributed by atoms with Gasteiger partial charge in [-0.25, -0.2) is 0 Å². The molecule has 0 unspecified atom stereocenters. The van der Waals surface area contributed by atoms with Crippen LogP contribution in [0, 0.1) is 0 Å². The van der Waals surface area contributed by atoms with Crippen molar-refractivity contribution in [3.63, 3.8) is 0 Å². The zero-order valence-corrected chi connectivity index (χ0v) is 13.7. The molecule has 0 saturated carbocycles. The molecule has 0 saturated heterocycles. The summed E-state index contributed by atoms with van der Waals surface area (Å²) >= 11 is 11.6. The third kappa shape index (κ3) is 2.56. The van der Waals surface area contributed by atoms with Gasteiger partial charge in [0.1, 0.15) is 0 Å². The van der Waals surface area contributed by atoms with Crippen LogP contribution >= 0.6 is 58.4 Å². The van der Waals surface area contributed by atoms with Crippen molar-refractivity contribution in [1.82, 2.24) is 0 Å². The Morgan fingerprint density at radius 2 is 1.33 bits per heavy atom. The smallest absolute Gasteiger partial charge is 0.0602 e. The van der Waals surface area contributed by atoms with Crippen LogP contribution in [-0.2, 0) is 0 Å². The minimum absolute atomic E-state index is 1.07. The second-order valence-corrected chi connectivity index (χ2v) is 8.77. The van der Waals surface area contributed by atoms with Gasteiger partial charge >= 0.3 is 0 Å². The summed E-state index contributed by atoms with van der Waals surface area (Å²) in [5, 5.41) is 0. The Morgan fingerprint density at radius 3 is 1.89 bits per heavy atom. The molecular weight excluding hydrogens is 316 g/mol. The molecule has 0 nitrogen and oxygen atoms in total. The van der Waals surface area contributed by atoms with Crippen molar-refractivity contribution < 1.29 is 0 Å². The Labute approximate surface area is 128 Å². The number of thioether (sulfide) groups is 1. The van der Waals surface area contributed by atoms with Crippen molar-refractivity contribution >= 4 is 58.4 Å². The predicted octanol–water partition coefficient (Wildman–Crippen LogP) is 6.22. The summed E-state index contributed by atoms with van der Waals surface area (Å²) in [6.45, 7) is 0. The van der Waals surface area contributed by atoms with E-state index in [1.54, 1.807) is 23.1 Å². The van der Waals surface area contributed by atoms with Gasteiger partial charge in [-0.15, -0.1) is 58.4 Å². The van der Waals surface area contributed by atoms with Crippen LogP contribution < -0.4 is 0 Å². The molecule has 0 atom stereocenters. The molecule has 0 aromatic carbocycles. The third-order valence-corrected chi connectivity index (χ3v) is 7.42. The highest BCUT2D eigenvalue weighted by atomic mass is 32.2. The molecule has 92 valence electrons. The number of thiol groups is 1. The van der Waals surface area contributed by atoms with E-state index in [1.165, 1.54) is 23.7 Å². The summed E-state index contributed by atoms with van der Waals surface area (Å²) in [4.78, 5) is 5.34. The van der Waals surface area contributed by atoms with Crippen molar-refractivity contribution in [2.45, 2.75) is 8.42 Å². The lowest BCUT2D eigenvalue weighted by molar-refractivity contribution is 1.74. The molecule has 0 radical (unpaired) electrons. The molecule has 18 heavy (non-hydrogen) atoms. The molecule has 0 aliphatic heterocycles. The van der Waals surface area contributed by atoms with E-state index in [9.17, 15) is 0 Å². The second kappa shape index (κ2) is 5.43. The lowest BCUT2D eigenvalue weighted by Crippen LogP contribution is -1.57. The van der Waals surface area contributed by atoms with E-state index < -0.39 is 0 Å². The van der Waals surface area contributed by atoms with Crippen LogP contribution in [0.4, 0.5) is 0 Å². The number of thiophene rings is 3. The zero-order chi connectivity index (χ0) is 12.5. The fourth-order valence-corrected chi connectivity index (χ4v) is 5.47. The van der Waals surface area contributed by atoms with Gasteiger partial charge in [-0.3, -0.25) is 0 Å². The molecule has 3 aromatic heterocycles. The van der Waals surface area contributed by atoms with Gasteiger partial charge in [-0.1, -0.05) is 0 Å². The van der Waals surface area contributed by atoms with Gasteiger partial charge in [0.15, 0.2) is 0 Å². The maximum absolute atomic E-state index is 4.37. The molecule has 0 spiro atoms. The lowest BCUT2D eigenvalue weighted by Gasteiger charge is -1.90. The summed E-state index contributed by atoms with van der Waals surface area (Å²) in [6, 6.07) is 13.0. The molecule has 0 bridgehead atoms. The Bertz CT molecular complexity index is 658. The summed E-state index contributed by atoms with van der Waals surface area (Å²) in [5.74, 6) is 0. The van der Waals surface area contributed by atoms with E-state index in [0.717, 1.165) is 4.21 Å². The van der Waals surface area contributed by atoms with Crippen LogP contribution in [0.5, 0.6) is 0 Å². The first-order valence-electron chi connectivity index (χ1n) is 5.29. The van der Waals surface area contributed by atoms with Crippen molar-refractivity contribution in [2.75, 3.05) is 6.26 Å². The van der Waals surface area contributed by atoms with E-state index >= 15 is 0 Å². The molecule has 5 heteroatoms. The highest BCUT2D eigenvalue weighted by Crippen LogP contribution is 2.41. The average Bonchev–Trinajstić information content (AvgIpc) is 3.07. The van der Waals surface area contributed by atoms with E-state index in [0.29, 0.717) is 0 Å². The number of hydrogen-bond acceptors (Lipinski definition) is 5. The van der Waals surface area contributed by atoms with Gasteiger partial charge in [0, 0.05) is 19.5 Å². The molecule has 3 heterocycles. The Kier molecular flexibility index (Phi) is 3.86. The Hall–Kier alpha value is -0.200. The van der Waals surface area contributed by atoms with Gasteiger partial charge in [0.2, 0.25) is 0 Å². The fourth-order valence-electron chi connectivity index (χ4n) is 1.63. The third-order valence-electron chi connectivity index (χ3n) is 2.47. The van der Waals surface area contributed by atoms with Gasteiger partial charge < -0.3 is 0 Å². The number of hydrogen-bond donors (Lipinski definition) is 1. The summed E-state index contributed by atoms with van der Waals surface area (Å²) in [5.41, 5.74) is 0. The Balaban J connectivity index is 1.93. The minimum atomic E-state index is 1.07. The molecule has 0 N–H and O–H groups in total. The van der Waals surface area contributed by atoms with Crippen molar-refractivity contribution in [3.8, 4) is 19.5 Å². The minimum Gasteiger partial charge on any atom is -0.134 e. The maximum Gasteiger partial charge on any atom is 0.0602 e. The lowest BCUT2D eigenvalue weighted by atomic mass is 10.3. The predicted molar refractivity (Wildman–Crippen MR) is 90.0 cm³/mol. The normalized spacial score (nSPS) is 11.0. The highest BCUT2D eigenvalue weighted by molar-refractivity contribution is 8.00. The van der Waals surface area contributed by atoms with Gasteiger partial charge in [-0.2, -0.15) is 0 Å². The van der Waals surface area contributed by atoms with E-state index in [-0.39, 0.29) is 0 Å². The average molecular weight is 327 g/mol. The topological polar surface area (TPSA) is 0 Å². The molecule has 3 aromatic rings. The van der Waals surface area contributed by atoms with Crippen LogP contribution in [0.2, 0.25) is 0 Å². The van der Waals surface area contributed by atoms with Crippen molar-refractivity contribution in [1.29, 1.82) is 0 Å². The quantitative estimate of drug-likeness (QED) is 0.440. The van der Waals surface area contributed by atoms with E-state index in [4.69, 9.17) is 0 Å². The largest absolute Gasteiger partial charge is 0.134 e. The van der Waals surface area contributed by atoms with Gasteiger partial charge in [0.05, 0.1) is 8.42 Å². The number of rotatable bonds is 3.